The van der Waals surface area contributed by atoms with Gasteiger partial charge in [-0.15, -0.1) is 0 Å². The number of nitrogens with zero attached hydrogens (tertiary/aromatic N) is 2. The lowest BCUT2D eigenvalue weighted by molar-refractivity contribution is 0.232. The first kappa shape index (κ1) is 13.9. The maximum absolute atomic E-state index is 11.7. The summed E-state index contributed by atoms with van der Waals surface area (Å²) < 4.78 is 1.91. The predicted octanol–water partition coefficient (Wildman–Crippen LogP) is 2.21. The number of aromatic nitrogens is 2. The van der Waals surface area contributed by atoms with Gasteiger partial charge in [-0.25, -0.2) is 4.79 Å². The van der Waals surface area contributed by atoms with Crippen LogP contribution in [0.5, 0.6) is 0 Å². The molecule has 1 aliphatic carbocycles. The Kier molecular flexibility index (Phi) is 5.24. The molecule has 0 saturated heterocycles. The molecule has 2 rings (SSSR count). The first-order chi connectivity index (χ1) is 9.24. The molecule has 19 heavy (non-hydrogen) atoms. The Balaban J connectivity index is 1.56. The van der Waals surface area contributed by atoms with Gasteiger partial charge in [0, 0.05) is 25.3 Å². The number of carbonyl (C=O) groups excluding carboxylic acids is 1. The summed E-state index contributed by atoms with van der Waals surface area (Å²) in [6.07, 6.45) is 10.8. The monoisotopic (exact) mass is 264 g/mol. The van der Waals surface area contributed by atoms with Gasteiger partial charge in [-0.1, -0.05) is 19.3 Å². The molecule has 1 fully saturated rings. The Hall–Kier alpha value is -1.52. The first-order valence-corrected chi connectivity index (χ1v) is 7.27. The molecule has 5 nitrogen and oxygen atoms in total. The van der Waals surface area contributed by atoms with E-state index in [9.17, 15) is 4.79 Å². The van der Waals surface area contributed by atoms with E-state index in [1.807, 2.05) is 24.0 Å². The highest BCUT2D eigenvalue weighted by Crippen LogP contribution is 2.17. The van der Waals surface area contributed by atoms with E-state index in [2.05, 4.69) is 15.7 Å². The largest absolute Gasteiger partial charge is 0.338 e. The molecule has 2 N–H and O–H groups in total. The highest BCUT2D eigenvalue weighted by Gasteiger charge is 2.14. The minimum atomic E-state index is -0.0245. The Labute approximate surface area is 114 Å². The number of hydrogen-bond donors (Lipinski definition) is 2. The van der Waals surface area contributed by atoms with Crippen molar-refractivity contribution in [1.29, 1.82) is 0 Å². The van der Waals surface area contributed by atoms with Crippen LogP contribution in [0.3, 0.4) is 0 Å². The lowest BCUT2D eigenvalue weighted by Gasteiger charge is -2.22. The molecular formula is C14H24N4O. The second kappa shape index (κ2) is 7.16. The second-order valence-electron chi connectivity index (χ2n) is 5.37. The van der Waals surface area contributed by atoms with Gasteiger partial charge in [-0.2, -0.15) is 5.10 Å². The third kappa shape index (κ3) is 4.93. The lowest BCUT2D eigenvalue weighted by atomic mass is 9.96. The molecule has 0 unspecified atom stereocenters. The minimum absolute atomic E-state index is 0.0245. The topological polar surface area (TPSA) is 59.0 Å². The molecule has 2 amide bonds. The number of aryl methyl sites for hydroxylation is 2. The number of nitrogens with one attached hydrogen (secondary N) is 2. The summed E-state index contributed by atoms with van der Waals surface area (Å²) in [7, 11) is 0. The van der Waals surface area contributed by atoms with Gasteiger partial charge in [0.05, 0.1) is 6.20 Å². The van der Waals surface area contributed by atoms with E-state index >= 15 is 0 Å². The molecule has 0 aromatic carbocycles. The Morgan fingerprint density at radius 2 is 2.21 bits per heavy atom. The van der Waals surface area contributed by atoms with E-state index in [1.165, 1.54) is 24.8 Å². The molecule has 0 bridgehead atoms. The normalized spacial score (nSPS) is 16.3. The van der Waals surface area contributed by atoms with E-state index < -0.39 is 0 Å². The van der Waals surface area contributed by atoms with Gasteiger partial charge in [-0.05, 0) is 31.7 Å². The molecule has 1 aromatic heterocycles. The van der Waals surface area contributed by atoms with Crippen LogP contribution in [0.15, 0.2) is 12.4 Å². The van der Waals surface area contributed by atoms with Crippen molar-refractivity contribution in [3.8, 4) is 0 Å². The molecule has 106 valence electrons. The van der Waals surface area contributed by atoms with E-state index in [-0.39, 0.29) is 6.03 Å². The molecular weight excluding hydrogens is 240 g/mol. The molecule has 0 aliphatic heterocycles. The third-order valence-electron chi connectivity index (χ3n) is 3.55. The fraction of sp³-hybridized carbons (Fsp3) is 0.714. The summed E-state index contributed by atoms with van der Waals surface area (Å²) in [5.74, 6) is 0. The average molecular weight is 264 g/mol. The molecule has 1 aliphatic rings. The minimum Gasteiger partial charge on any atom is -0.338 e. The molecule has 0 atom stereocenters. The Bertz CT molecular complexity index is 396. The standard InChI is InChI=1S/C14H24N4O/c1-12-10-16-18(11-12)9-5-8-15-14(19)17-13-6-3-2-4-7-13/h10-11,13H,2-9H2,1H3,(H2,15,17,19). The van der Waals surface area contributed by atoms with Crippen LogP contribution in [-0.2, 0) is 6.54 Å². The zero-order valence-electron chi connectivity index (χ0n) is 11.7. The fourth-order valence-corrected chi connectivity index (χ4v) is 2.52. The van der Waals surface area contributed by atoms with Crippen LogP contribution in [0, 0.1) is 6.92 Å². The van der Waals surface area contributed by atoms with Crippen molar-refractivity contribution >= 4 is 6.03 Å². The van der Waals surface area contributed by atoms with E-state index in [0.717, 1.165) is 25.8 Å². The van der Waals surface area contributed by atoms with Gasteiger partial charge in [0.15, 0.2) is 0 Å². The highest BCUT2D eigenvalue weighted by atomic mass is 16.2. The lowest BCUT2D eigenvalue weighted by Crippen LogP contribution is -2.43. The highest BCUT2D eigenvalue weighted by molar-refractivity contribution is 5.74. The van der Waals surface area contributed by atoms with Crippen LogP contribution in [0.4, 0.5) is 4.79 Å². The van der Waals surface area contributed by atoms with Crippen LogP contribution < -0.4 is 10.6 Å². The average Bonchev–Trinajstić information content (AvgIpc) is 2.82. The number of rotatable bonds is 5. The summed E-state index contributed by atoms with van der Waals surface area (Å²) in [4.78, 5) is 11.7. The zero-order chi connectivity index (χ0) is 13.5. The summed E-state index contributed by atoms with van der Waals surface area (Å²) >= 11 is 0. The summed E-state index contributed by atoms with van der Waals surface area (Å²) in [6, 6.07) is 0.353. The second-order valence-corrected chi connectivity index (χ2v) is 5.37. The molecule has 1 saturated carbocycles. The van der Waals surface area contributed by atoms with Crippen molar-refractivity contribution in [3.05, 3.63) is 18.0 Å². The van der Waals surface area contributed by atoms with Crippen LogP contribution in [-0.4, -0.2) is 28.4 Å². The quantitative estimate of drug-likeness (QED) is 0.801. The smallest absolute Gasteiger partial charge is 0.315 e. The maximum atomic E-state index is 11.7. The van der Waals surface area contributed by atoms with E-state index in [1.54, 1.807) is 0 Å². The van der Waals surface area contributed by atoms with Crippen molar-refractivity contribution in [2.24, 2.45) is 0 Å². The van der Waals surface area contributed by atoms with Crippen LogP contribution in [0.1, 0.15) is 44.1 Å². The van der Waals surface area contributed by atoms with Crippen molar-refractivity contribution in [2.45, 2.75) is 58.0 Å². The summed E-state index contributed by atoms with van der Waals surface area (Å²) in [5, 5.41) is 10.2. The van der Waals surface area contributed by atoms with Gasteiger partial charge in [0.1, 0.15) is 0 Å². The zero-order valence-corrected chi connectivity index (χ0v) is 11.7. The van der Waals surface area contributed by atoms with Gasteiger partial charge >= 0.3 is 6.03 Å². The van der Waals surface area contributed by atoms with Gasteiger partial charge in [-0.3, -0.25) is 4.68 Å². The number of urea groups is 1. The van der Waals surface area contributed by atoms with E-state index in [4.69, 9.17) is 0 Å². The van der Waals surface area contributed by atoms with Crippen LogP contribution in [0.25, 0.3) is 0 Å². The van der Waals surface area contributed by atoms with Crippen LogP contribution >= 0.6 is 0 Å². The molecule has 1 heterocycles. The maximum Gasteiger partial charge on any atom is 0.315 e. The number of carbonyl (C=O) groups is 1. The van der Waals surface area contributed by atoms with Gasteiger partial charge in [0.2, 0.25) is 0 Å². The van der Waals surface area contributed by atoms with Crippen molar-refractivity contribution in [1.82, 2.24) is 20.4 Å². The Morgan fingerprint density at radius 1 is 1.42 bits per heavy atom. The SMILES string of the molecule is Cc1cnn(CCCNC(=O)NC2CCCCC2)c1. The summed E-state index contributed by atoms with van der Waals surface area (Å²) in [5.41, 5.74) is 1.17. The number of hydrogen-bond acceptors (Lipinski definition) is 2. The molecule has 5 heteroatoms. The first-order valence-electron chi connectivity index (χ1n) is 7.27. The van der Waals surface area contributed by atoms with Crippen molar-refractivity contribution in [3.63, 3.8) is 0 Å². The Morgan fingerprint density at radius 3 is 2.89 bits per heavy atom. The van der Waals surface area contributed by atoms with Gasteiger partial charge < -0.3 is 10.6 Å². The molecule has 0 radical (unpaired) electrons. The predicted molar refractivity (Wildman–Crippen MR) is 75.0 cm³/mol. The van der Waals surface area contributed by atoms with Crippen LogP contribution in [0.2, 0.25) is 0 Å². The molecule has 1 aromatic rings. The summed E-state index contributed by atoms with van der Waals surface area (Å²) in [6.45, 7) is 3.56. The van der Waals surface area contributed by atoms with Gasteiger partial charge in [0.25, 0.3) is 0 Å². The third-order valence-corrected chi connectivity index (χ3v) is 3.55. The fourth-order valence-electron chi connectivity index (χ4n) is 2.52. The van der Waals surface area contributed by atoms with E-state index in [0.29, 0.717) is 12.6 Å². The number of amides is 2. The molecule has 0 spiro atoms. The van der Waals surface area contributed by atoms with Crippen molar-refractivity contribution < 1.29 is 4.79 Å². The van der Waals surface area contributed by atoms with Crippen molar-refractivity contribution in [2.75, 3.05) is 6.54 Å².